The Labute approximate surface area is 199 Å². The molecule has 4 atom stereocenters. The van der Waals surface area contributed by atoms with Crippen LogP contribution in [0.25, 0.3) is 10.9 Å². The van der Waals surface area contributed by atoms with Gasteiger partial charge in [-0.2, -0.15) is 0 Å². The van der Waals surface area contributed by atoms with Gasteiger partial charge in [0.2, 0.25) is 17.7 Å². The zero-order chi connectivity index (χ0) is 25.4. The SMILES string of the molecule is CCC(C)C(N)C(=O)NCC(=O)NC(Cc1c[nH]c2ccccc12)C(=O)NC(C(=O)O)C(C)C. The van der Waals surface area contributed by atoms with Crippen molar-refractivity contribution in [2.24, 2.45) is 17.6 Å². The lowest BCUT2D eigenvalue weighted by atomic mass is 9.99. The van der Waals surface area contributed by atoms with Crippen LogP contribution in [0.15, 0.2) is 30.5 Å². The second-order valence-corrected chi connectivity index (χ2v) is 8.88. The predicted molar refractivity (Wildman–Crippen MR) is 129 cm³/mol. The number of hydrogen-bond acceptors (Lipinski definition) is 5. The normalized spacial score (nSPS) is 14.8. The van der Waals surface area contributed by atoms with Gasteiger partial charge in [0.05, 0.1) is 12.6 Å². The largest absolute Gasteiger partial charge is 0.480 e. The molecule has 7 N–H and O–H groups in total. The van der Waals surface area contributed by atoms with Gasteiger partial charge >= 0.3 is 5.97 Å². The first kappa shape index (κ1) is 26.8. The maximum absolute atomic E-state index is 13.0. The van der Waals surface area contributed by atoms with Gasteiger partial charge in [0.15, 0.2) is 0 Å². The second-order valence-electron chi connectivity index (χ2n) is 8.88. The van der Waals surface area contributed by atoms with Gasteiger partial charge in [0.1, 0.15) is 12.1 Å². The number of carbonyl (C=O) groups is 4. The van der Waals surface area contributed by atoms with Crippen LogP contribution in [-0.2, 0) is 25.6 Å². The van der Waals surface area contributed by atoms with E-state index in [2.05, 4.69) is 20.9 Å². The van der Waals surface area contributed by atoms with E-state index in [0.29, 0.717) is 6.42 Å². The first-order valence-electron chi connectivity index (χ1n) is 11.5. The fourth-order valence-electron chi connectivity index (χ4n) is 3.54. The lowest BCUT2D eigenvalue weighted by Gasteiger charge is -2.23. The molecule has 0 radical (unpaired) electrons. The minimum absolute atomic E-state index is 0.0487. The number of carbonyl (C=O) groups excluding carboxylic acids is 3. The number of nitrogens with one attached hydrogen (secondary N) is 4. The quantitative estimate of drug-likeness (QED) is 0.268. The third-order valence-electron chi connectivity index (χ3n) is 5.96. The molecule has 2 aromatic rings. The van der Waals surface area contributed by atoms with E-state index in [0.717, 1.165) is 16.5 Å². The van der Waals surface area contributed by atoms with Crippen molar-refractivity contribution in [3.63, 3.8) is 0 Å². The van der Waals surface area contributed by atoms with E-state index in [1.54, 1.807) is 20.0 Å². The summed E-state index contributed by atoms with van der Waals surface area (Å²) in [6, 6.07) is 4.62. The van der Waals surface area contributed by atoms with Gasteiger partial charge in [0, 0.05) is 23.5 Å². The van der Waals surface area contributed by atoms with Crippen LogP contribution >= 0.6 is 0 Å². The van der Waals surface area contributed by atoms with E-state index >= 15 is 0 Å². The number of fused-ring (bicyclic) bond motifs is 1. The van der Waals surface area contributed by atoms with Crippen molar-refractivity contribution < 1.29 is 24.3 Å². The zero-order valence-electron chi connectivity index (χ0n) is 20.1. The molecule has 34 heavy (non-hydrogen) atoms. The Morgan fingerprint density at radius 1 is 1.06 bits per heavy atom. The predicted octanol–water partition coefficient (Wildman–Crippen LogP) is 0.910. The number of H-pyrrole nitrogens is 1. The first-order chi connectivity index (χ1) is 16.0. The van der Waals surface area contributed by atoms with Gasteiger partial charge in [-0.25, -0.2) is 4.79 Å². The first-order valence-corrected chi connectivity index (χ1v) is 11.5. The van der Waals surface area contributed by atoms with E-state index in [1.807, 2.05) is 38.1 Å². The van der Waals surface area contributed by atoms with Crippen LogP contribution in [-0.4, -0.2) is 58.5 Å². The highest BCUT2D eigenvalue weighted by molar-refractivity contribution is 5.93. The van der Waals surface area contributed by atoms with Crippen LogP contribution in [0.3, 0.4) is 0 Å². The van der Waals surface area contributed by atoms with Crippen molar-refractivity contribution in [3.8, 4) is 0 Å². The molecule has 0 spiro atoms. The summed E-state index contributed by atoms with van der Waals surface area (Å²) in [7, 11) is 0. The van der Waals surface area contributed by atoms with Crippen LogP contribution in [0.2, 0.25) is 0 Å². The third-order valence-corrected chi connectivity index (χ3v) is 5.96. The third kappa shape index (κ3) is 7.05. The molecule has 0 fully saturated rings. The zero-order valence-corrected chi connectivity index (χ0v) is 20.1. The topological polar surface area (TPSA) is 166 Å². The van der Waals surface area contributed by atoms with Crippen LogP contribution in [0, 0.1) is 11.8 Å². The molecule has 1 heterocycles. The van der Waals surface area contributed by atoms with Gasteiger partial charge in [-0.05, 0) is 23.5 Å². The molecule has 10 heteroatoms. The number of nitrogens with two attached hydrogens (primary N) is 1. The Morgan fingerprint density at radius 3 is 2.35 bits per heavy atom. The van der Waals surface area contributed by atoms with E-state index in [9.17, 15) is 24.3 Å². The number of aromatic nitrogens is 1. The van der Waals surface area contributed by atoms with Crippen molar-refractivity contribution in [1.82, 2.24) is 20.9 Å². The van der Waals surface area contributed by atoms with Gasteiger partial charge in [0.25, 0.3) is 0 Å². The number of rotatable bonds is 12. The number of carboxylic acids is 1. The highest BCUT2D eigenvalue weighted by atomic mass is 16.4. The standard InChI is InChI=1S/C24H35N5O5/c1-5-14(4)20(25)23(32)27-12-19(30)28-18(22(31)29-21(13(2)3)24(33)34)10-15-11-26-17-9-7-6-8-16(15)17/h6-9,11,13-14,18,20-21,26H,5,10,12,25H2,1-4H3,(H,27,32)(H,28,30)(H,29,31)(H,33,34). The highest BCUT2D eigenvalue weighted by Crippen LogP contribution is 2.19. The summed E-state index contributed by atoms with van der Waals surface area (Å²) in [6.45, 7) is 6.78. The molecule has 4 unspecified atom stereocenters. The summed E-state index contributed by atoms with van der Waals surface area (Å²) in [5, 5.41) is 18.0. The van der Waals surface area contributed by atoms with Crippen molar-refractivity contribution in [2.45, 2.75) is 58.7 Å². The molecule has 0 aliphatic rings. The monoisotopic (exact) mass is 473 g/mol. The van der Waals surface area contributed by atoms with Crippen LogP contribution in [0.1, 0.15) is 39.7 Å². The second kappa shape index (κ2) is 12.2. The molecule has 0 bridgehead atoms. The molecule has 3 amide bonds. The smallest absolute Gasteiger partial charge is 0.326 e. The number of para-hydroxylation sites is 1. The molecule has 10 nitrogen and oxygen atoms in total. The minimum Gasteiger partial charge on any atom is -0.480 e. The van der Waals surface area contributed by atoms with Crippen molar-refractivity contribution in [1.29, 1.82) is 0 Å². The van der Waals surface area contributed by atoms with Gasteiger partial charge in [-0.3, -0.25) is 14.4 Å². The van der Waals surface area contributed by atoms with Crippen LogP contribution < -0.4 is 21.7 Å². The Kier molecular flexibility index (Phi) is 9.61. The summed E-state index contributed by atoms with van der Waals surface area (Å²) in [5.74, 6) is -3.22. The average molecular weight is 474 g/mol. The molecule has 0 saturated carbocycles. The van der Waals surface area contributed by atoms with Crippen molar-refractivity contribution in [3.05, 3.63) is 36.0 Å². The molecule has 0 saturated heterocycles. The summed E-state index contributed by atoms with van der Waals surface area (Å²) in [6.07, 6.45) is 2.60. The van der Waals surface area contributed by atoms with Crippen molar-refractivity contribution >= 4 is 34.6 Å². The van der Waals surface area contributed by atoms with Gasteiger partial charge < -0.3 is 31.8 Å². The Hall–Kier alpha value is -3.40. The number of benzene rings is 1. The Morgan fingerprint density at radius 2 is 1.74 bits per heavy atom. The molecule has 0 aliphatic carbocycles. The highest BCUT2D eigenvalue weighted by Gasteiger charge is 2.29. The van der Waals surface area contributed by atoms with E-state index in [4.69, 9.17) is 5.73 Å². The molecular formula is C24H35N5O5. The summed E-state index contributed by atoms with van der Waals surface area (Å²) >= 11 is 0. The summed E-state index contributed by atoms with van der Waals surface area (Å²) in [5.41, 5.74) is 7.56. The number of hydrogen-bond donors (Lipinski definition) is 6. The van der Waals surface area contributed by atoms with Gasteiger partial charge in [-0.15, -0.1) is 0 Å². The number of aromatic amines is 1. The number of aliphatic carboxylic acids is 1. The molecule has 186 valence electrons. The van der Waals surface area contributed by atoms with Crippen LogP contribution in [0.5, 0.6) is 0 Å². The lowest BCUT2D eigenvalue weighted by molar-refractivity contribution is -0.143. The van der Waals surface area contributed by atoms with E-state index in [-0.39, 0.29) is 24.8 Å². The minimum atomic E-state index is -1.16. The molecular weight excluding hydrogens is 438 g/mol. The number of carboxylic acid groups (broad SMARTS) is 1. The molecule has 0 aliphatic heterocycles. The Balaban J connectivity index is 2.16. The summed E-state index contributed by atoms with van der Waals surface area (Å²) in [4.78, 5) is 52.5. The molecule has 1 aromatic carbocycles. The van der Waals surface area contributed by atoms with E-state index in [1.165, 1.54) is 0 Å². The van der Waals surface area contributed by atoms with E-state index < -0.39 is 41.8 Å². The average Bonchev–Trinajstić information content (AvgIpc) is 3.21. The molecule has 1 aromatic heterocycles. The van der Waals surface area contributed by atoms with Crippen molar-refractivity contribution in [2.75, 3.05) is 6.54 Å². The number of amides is 3. The summed E-state index contributed by atoms with van der Waals surface area (Å²) < 4.78 is 0. The van der Waals surface area contributed by atoms with Gasteiger partial charge in [-0.1, -0.05) is 52.3 Å². The lowest BCUT2D eigenvalue weighted by Crippen LogP contribution is -2.55. The maximum Gasteiger partial charge on any atom is 0.326 e. The molecule has 2 rings (SSSR count). The fourth-order valence-corrected chi connectivity index (χ4v) is 3.54. The fraction of sp³-hybridized carbons (Fsp3) is 0.500. The Bertz CT molecular complexity index is 1020. The maximum atomic E-state index is 13.0. The van der Waals surface area contributed by atoms with Crippen LogP contribution in [0.4, 0.5) is 0 Å².